The molecule has 0 spiro atoms. The molecule has 2 aliphatic heterocycles. The van der Waals surface area contributed by atoms with E-state index in [1.54, 1.807) is 0 Å². The topological polar surface area (TPSA) is 32.8 Å². The van der Waals surface area contributed by atoms with E-state index in [4.69, 9.17) is 4.74 Å². The highest BCUT2D eigenvalue weighted by Crippen LogP contribution is 2.29. The maximum atomic E-state index is 12.6. The van der Waals surface area contributed by atoms with Gasteiger partial charge in [0.25, 0.3) is 0 Å². The molecule has 2 fully saturated rings. The van der Waals surface area contributed by atoms with Crippen LogP contribution in [0.1, 0.15) is 30.4 Å². The van der Waals surface area contributed by atoms with Crippen molar-refractivity contribution in [1.29, 1.82) is 0 Å². The second-order valence-corrected chi connectivity index (χ2v) is 6.98. The molecule has 1 amide bonds. The van der Waals surface area contributed by atoms with E-state index in [0.717, 1.165) is 63.4 Å². The zero-order valence-electron chi connectivity index (χ0n) is 14.8. The molecule has 0 aliphatic carbocycles. The van der Waals surface area contributed by atoms with Gasteiger partial charge in [0.1, 0.15) is 0 Å². The van der Waals surface area contributed by atoms with Crippen molar-refractivity contribution in [2.75, 3.05) is 39.4 Å². The number of hydrogen-bond donors (Lipinski definition) is 0. The van der Waals surface area contributed by atoms with Crippen LogP contribution in [0.3, 0.4) is 0 Å². The number of hydrogen-bond acceptors (Lipinski definition) is 3. The summed E-state index contributed by atoms with van der Waals surface area (Å²) in [5.74, 6) is 0.0782. The van der Waals surface area contributed by atoms with Gasteiger partial charge in [-0.2, -0.15) is 13.2 Å². The average molecular weight is 370 g/mol. The molecule has 1 aromatic rings. The van der Waals surface area contributed by atoms with Crippen LogP contribution in [0, 0.1) is 0 Å². The Hall–Kier alpha value is -1.60. The summed E-state index contributed by atoms with van der Waals surface area (Å²) < 4.78 is 43.2. The van der Waals surface area contributed by atoms with Gasteiger partial charge in [-0.05, 0) is 37.0 Å². The average Bonchev–Trinajstić information content (AvgIpc) is 3.04. The number of rotatable bonds is 4. The fourth-order valence-electron chi connectivity index (χ4n) is 3.63. The van der Waals surface area contributed by atoms with E-state index < -0.39 is 11.7 Å². The van der Waals surface area contributed by atoms with Crippen molar-refractivity contribution in [2.24, 2.45) is 0 Å². The van der Waals surface area contributed by atoms with Crippen molar-refractivity contribution in [3.63, 3.8) is 0 Å². The fourth-order valence-corrected chi connectivity index (χ4v) is 3.63. The Bertz CT molecular complexity index is 598. The van der Waals surface area contributed by atoms with Crippen molar-refractivity contribution in [1.82, 2.24) is 9.80 Å². The van der Waals surface area contributed by atoms with Crippen molar-refractivity contribution in [3.8, 4) is 0 Å². The Labute approximate surface area is 151 Å². The standard InChI is InChI=1S/C19H25F3N2O2/c20-19(21,22)16-5-2-15(3-6-16)4-7-18(25)24-10-1-9-23(11-12-24)17-8-13-26-14-17/h2-3,5-6,17H,1,4,7-14H2. The predicted molar refractivity (Wildman–Crippen MR) is 91.8 cm³/mol. The smallest absolute Gasteiger partial charge is 0.380 e. The van der Waals surface area contributed by atoms with Crippen molar-refractivity contribution >= 4 is 5.91 Å². The number of ether oxygens (including phenoxy) is 1. The zero-order valence-corrected chi connectivity index (χ0v) is 14.8. The largest absolute Gasteiger partial charge is 0.416 e. The molecule has 7 heteroatoms. The molecule has 4 nitrogen and oxygen atoms in total. The molecule has 0 saturated carbocycles. The van der Waals surface area contributed by atoms with Gasteiger partial charge >= 0.3 is 6.18 Å². The third-order valence-electron chi connectivity index (χ3n) is 5.21. The molecule has 0 N–H and O–H groups in total. The van der Waals surface area contributed by atoms with Gasteiger partial charge in [0, 0.05) is 45.2 Å². The number of alkyl halides is 3. The van der Waals surface area contributed by atoms with Crippen molar-refractivity contribution < 1.29 is 22.7 Å². The van der Waals surface area contributed by atoms with Crippen molar-refractivity contribution in [3.05, 3.63) is 35.4 Å². The van der Waals surface area contributed by atoms with Gasteiger partial charge in [-0.25, -0.2) is 0 Å². The third-order valence-corrected chi connectivity index (χ3v) is 5.21. The Morgan fingerprint density at radius 2 is 1.88 bits per heavy atom. The van der Waals surface area contributed by atoms with E-state index in [1.165, 1.54) is 12.1 Å². The summed E-state index contributed by atoms with van der Waals surface area (Å²) in [4.78, 5) is 16.8. The molecular weight excluding hydrogens is 345 g/mol. The normalized spacial score (nSPS) is 22.4. The third kappa shape index (κ3) is 4.98. The maximum absolute atomic E-state index is 12.6. The van der Waals surface area contributed by atoms with Crippen LogP contribution >= 0.6 is 0 Å². The predicted octanol–water partition coefficient (Wildman–Crippen LogP) is 2.96. The molecule has 0 bridgehead atoms. The van der Waals surface area contributed by atoms with E-state index in [-0.39, 0.29) is 5.91 Å². The summed E-state index contributed by atoms with van der Waals surface area (Å²) in [6, 6.07) is 5.54. The monoisotopic (exact) mass is 370 g/mol. The first-order valence-corrected chi connectivity index (χ1v) is 9.19. The summed E-state index contributed by atoms with van der Waals surface area (Å²) in [5.41, 5.74) is 0.0991. The second kappa shape index (κ2) is 8.39. The van der Waals surface area contributed by atoms with E-state index in [2.05, 4.69) is 4.90 Å². The summed E-state index contributed by atoms with van der Waals surface area (Å²) in [6.45, 7) is 4.90. The minimum Gasteiger partial charge on any atom is -0.380 e. The van der Waals surface area contributed by atoms with Gasteiger partial charge in [0.15, 0.2) is 0 Å². The molecule has 1 unspecified atom stereocenters. The first kappa shape index (κ1) is 19.2. The van der Waals surface area contributed by atoms with Gasteiger partial charge in [0.05, 0.1) is 12.2 Å². The van der Waals surface area contributed by atoms with Gasteiger partial charge in [-0.1, -0.05) is 12.1 Å². The molecule has 2 aliphatic rings. The lowest BCUT2D eigenvalue weighted by molar-refractivity contribution is -0.137. The molecule has 3 rings (SSSR count). The minimum absolute atomic E-state index is 0.0782. The van der Waals surface area contributed by atoms with Gasteiger partial charge in [-0.3, -0.25) is 9.69 Å². The Morgan fingerprint density at radius 3 is 2.54 bits per heavy atom. The fraction of sp³-hybridized carbons (Fsp3) is 0.632. The van der Waals surface area contributed by atoms with E-state index in [9.17, 15) is 18.0 Å². The quantitative estimate of drug-likeness (QED) is 0.817. The number of benzene rings is 1. The van der Waals surface area contributed by atoms with Gasteiger partial charge in [-0.15, -0.1) is 0 Å². The molecule has 2 saturated heterocycles. The first-order chi connectivity index (χ1) is 12.4. The zero-order chi connectivity index (χ0) is 18.6. The highest BCUT2D eigenvalue weighted by Gasteiger charge is 2.30. The van der Waals surface area contributed by atoms with Crippen LogP contribution in [0.25, 0.3) is 0 Å². The van der Waals surface area contributed by atoms with E-state index in [0.29, 0.717) is 25.4 Å². The molecule has 2 heterocycles. The number of aryl methyl sites for hydroxylation is 1. The lowest BCUT2D eigenvalue weighted by Crippen LogP contribution is -2.39. The van der Waals surface area contributed by atoms with Crippen molar-refractivity contribution in [2.45, 2.75) is 37.9 Å². The minimum atomic E-state index is -4.32. The second-order valence-electron chi connectivity index (χ2n) is 6.98. The summed E-state index contributed by atoms with van der Waals surface area (Å²) in [5, 5.41) is 0. The van der Waals surface area contributed by atoms with Gasteiger partial charge in [0.2, 0.25) is 5.91 Å². The molecule has 0 radical (unpaired) electrons. The van der Waals surface area contributed by atoms with E-state index >= 15 is 0 Å². The number of carbonyl (C=O) groups excluding carboxylic acids is 1. The molecular formula is C19H25F3N2O2. The van der Waals surface area contributed by atoms with Gasteiger partial charge < -0.3 is 9.64 Å². The Morgan fingerprint density at radius 1 is 1.12 bits per heavy atom. The van der Waals surface area contributed by atoms with Crippen LogP contribution in [0.5, 0.6) is 0 Å². The molecule has 1 aromatic carbocycles. The van der Waals surface area contributed by atoms with E-state index in [1.807, 2.05) is 4.90 Å². The molecule has 1 atom stereocenters. The van der Waals surface area contributed by atoms with Crippen LogP contribution in [0.4, 0.5) is 13.2 Å². The number of amides is 1. The first-order valence-electron chi connectivity index (χ1n) is 9.19. The summed E-state index contributed by atoms with van der Waals surface area (Å²) in [7, 11) is 0. The molecule has 144 valence electrons. The van der Waals surface area contributed by atoms with Crippen LogP contribution in [-0.4, -0.2) is 61.1 Å². The number of halogens is 3. The Kier molecular flexibility index (Phi) is 6.19. The lowest BCUT2D eigenvalue weighted by Gasteiger charge is -2.26. The lowest BCUT2D eigenvalue weighted by atomic mass is 10.1. The summed E-state index contributed by atoms with van der Waals surface area (Å²) >= 11 is 0. The molecule has 26 heavy (non-hydrogen) atoms. The maximum Gasteiger partial charge on any atom is 0.416 e. The highest BCUT2D eigenvalue weighted by atomic mass is 19.4. The van der Waals surface area contributed by atoms with Crippen LogP contribution in [-0.2, 0) is 22.1 Å². The SMILES string of the molecule is O=C(CCc1ccc(C(F)(F)F)cc1)N1CCCN(C2CCOC2)CC1. The van der Waals surface area contributed by atoms with Crippen LogP contribution in [0.2, 0.25) is 0 Å². The molecule has 0 aromatic heterocycles. The van der Waals surface area contributed by atoms with Crippen LogP contribution < -0.4 is 0 Å². The van der Waals surface area contributed by atoms with Crippen LogP contribution in [0.15, 0.2) is 24.3 Å². The highest BCUT2D eigenvalue weighted by molar-refractivity contribution is 5.76. The number of nitrogens with zero attached hydrogens (tertiary/aromatic N) is 2. The number of carbonyl (C=O) groups is 1. The summed E-state index contributed by atoms with van der Waals surface area (Å²) in [6.07, 6.45) is -1.52. The Balaban J connectivity index is 1.47.